The Kier molecular flexibility index (Phi) is 11.1. The minimum atomic E-state index is -0.254. The highest BCUT2D eigenvalue weighted by Gasteiger charge is 2.38. The first-order valence-electron chi connectivity index (χ1n) is 19.4. The van der Waals surface area contributed by atoms with Crippen LogP contribution < -0.4 is 4.74 Å². The lowest BCUT2D eigenvalue weighted by Gasteiger charge is -2.34. The Morgan fingerprint density at radius 2 is 1.12 bits per heavy atom. The van der Waals surface area contributed by atoms with Crippen LogP contribution in [0.5, 0.6) is 5.75 Å². The van der Waals surface area contributed by atoms with Gasteiger partial charge in [0.25, 0.3) is 0 Å². The number of rotatable bonds is 5. The fourth-order valence-electron chi connectivity index (χ4n) is 8.06. The zero-order valence-electron chi connectivity index (χ0n) is 32.5. The first-order chi connectivity index (χ1) is 28.0. The van der Waals surface area contributed by atoms with Crippen LogP contribution in [-0.2, 0) is 13.0 Å². The molecule has 57 heavy (non-hydrogen) atoms. The summed E-state index contributed by atoms with van der Waals surface area (Å²) in [6.45, 7) is 0.897. The average molecular weight is 744 g/mol. The van der Waals surface area contributed by atoms with Crippen LogP contribution in [0.25, 0.3) is 43.4 Å². The van der Waals surface area contributed by atoms with E-state index in [2.05, 4.69) is 138 Å². The maximum absolute atomic E-state index is 14.5. The van der Waals surface area contributed by atoms with E-state index in [4.69, 9.17) is 4.74 Å². The molecule has 2 atom stereocenters. The molecule has 10 rings (SSSR count). The minimum absolute atomic E-state index is 0.0692. The van der Waals surface area contributed by atoms with Gasteiger partial charge in [-0.3, -0.25) is 14.8 Å². The van der Waals surface area contributed by atoms with Crippen molar-refractivity contribution in [1.29, 1.82) is 0 Å². The second-order valence-corrected chi connectivity index (χ2v) is 14.8. The summed E-state index contributed by atoms with van der Waals surface area (Å²) in [5.41, 5.74) is 7.66. The van der Waals surface area contributed by atoms with Crippen molar-refractivity contribution in [1.82, 2.24) is 14.9 Å². The van der Waals surface area contributed by atoms with Crippen LogP contribution in [0.4, 0.5) is 0 Å². The minimum Gasteiger partial charge on any atom is -0.497 e. The molecule has 9 aromatic rings. The zero-order chi connectivity index (χ0) is 39.1. The van der Waals surface area contributed by atoms with Gasteiger partial charge in [-0.2, -0.15) is 0 Å². The number of nitrogens with zero attached hydrogens (tertiary/aromatic N) is 3. The summed E-state index contributed by atoms with van der Waals surface area (Å²) in [7, 11) is 5.83. The van der Waals surface area contributed by atoms with Gasteiger partial charge >= 0.3 is 0 Å². The molecule has 0 amide bonds. The third-order valence-electron chi connectivity index (χ3n) is 10.8. The smallest absolute Gasteiger partial charge is 0.171 e. The predicted molar refractivity (Wildman–Crippen MR) is 235 cm³/mol. The van der Waals surface area contributed by atoms with Gasteiger partial charge in [-0.15, -0.1) is 0 Å². The Labute approximate surface area is 334 Å². The van der Waals surface area contributed by atoms with Crippen LogP contribution in [0.2, 0.25) is 0 Å². The molecule has 2 heterocycles. The van der Waals surface area contributed by atoms with Crippen LogP contribution in [0, 0.1) is 0 Å². The molecule has 0 saturated carbocycles. The highest BCUT2D eigenvalue weighted by atomic mass is 16.5. The number of ether oxygens (including phenoxy) is 1. The Balaban J connectivity index is 0.000000183. The van der Waals surface area contributed by atoms with E-state index >= 15 is 0 Å². The summed E-state index contributed by atoms with van der Waals surface area (Å²) < 4.78 is 5.41. The summed E-state index contributed by atoms with van der Waals surface area (Å²) in [6, 6.07) is 58.1. The molecular formula is C52H45N3O2. The van der Waals surface area contributed by atoms with Crippen molar-refractivity contribution in [3.8, 4) is 5.75 Å². The van der Waals surface area contributed by atoms with Crippen molar-refractivity contribution in [2.45, 2.75) is 24.8 Å². The fourth-order valence-corrected chi connectivity index (χ4v) is 8.06. The van der Waals surface area contributed by atoms with Crippen LogP contribution >= 0.6 is 0 Å². The molecule has 2 aromatic heterocycles. The lowest BCUT2D eigenvalue weighted by molar-refractivity contribution is 0.0936. The van der Waals surface area contributed by atoms with Gasteiger partial charge in [-0.25, -0.2) is 0 Å². The Morgan fingerprint density at radius 1 is 0.561 bits per heavy atom. The molecule has 5 heteroatoms. The molecule has 2 unspecified atom stereocenters. The van der Waals surface area contributed by atoms with Gasteiger partial charge in [-0.05, 0) is 101 Å². The van der Waals surface area contributed by atoms with Crippen molar-refractivity contribution >= 4 is 49.1 Å². The number of hydrogen-bond donors (Lipinski definition) is 0. The molecule has 1 aliphatic rings. The van der Waals surface area contributed by atoms with Gasteiger partial charge in [0.1, 0.15) is 5.75 Å². The number of aromatic nitrogens is 2. The number of hydrogen-bond acceptors (Lipinski definition) is 5. The number of methoxy groups -OCH3 is 1. The summed E-state index contributed by atoms with van der Waals surface area (Å²) in [4.78, 5) is 25.0. The topological polar surface area (TPSA) is 55.3 Å². The summed E-state index contributed by atoms with van der Waals surface area (Å²) >= 11 is 0. The van der Waals surface area contributed by atoms with Crippen molar-refractivity contribution in [2.75, 3.05) is 21.2 Å². The molecule has 7 aromatic carbocycles. The molecule has 5 nitrogen and oxygen atoms in total. The maximum Gasteiger partial charge on any atom is 0.171 e. The molecule has 0 aliphatic heterocycles. The van der Waals surface area contributed by atoms with Gasteiger partial charge < -0.3 is 9.64 Å². The van der Waals surface area contributed by atoms with Gasteiger partial charge in [0, 0.05) is 41.2 Å². The first-order valence-corrected chi connectivity index (χ1v) is 19.4. The third kappa shape index (κ3) is 8.16. The second-order valence-electron chi connectivity index (χ2n) is 14.8. The number of para-hydroxylation sites is 2. The number of benzene rings is 7. The van der Waals surface area contributed by atoms with Gasteiger partial charge in [0.05, 0.1) is 24.1 Å². The number of carbonyl (C=O) groups excluding carboxylic acids is 1. The zero-order valence-corrected chi connectivity index (χ0v) is 32.5. The quantitative estimate of drug-likeness (QED) is 0.164. The van der Waals surface area contributed by atoms with Crippen molar-refractivity contribution in [3.63, 3.8) is 0 Å². The van der Waals surface area contributed by atoms with E-state index in [0.717, 1.165) is 57.2 Å². The van der Waals surface area contributed by atoms with Crippen molar-refractivity contribution < 1.29 is 9.53 Å². The molecule has 0 spiro atoms. The molecule has 1 aliphatic carbocycles. The van der Waals surface area contributed by atoms with E-state index in [9.17, 15) is 4.79 Å². The summed E-state index contributed by atoms with van der Waals surface area (Å²) in [5, 5.41) is 6.98. The number of ketones is 1. The third-order valence-corrected chi connectivity index (χ3v) is 10.8. The Bertz CT molecular complexity index is 2590. The Hall–Kier alpha value is -6.69. The van der Waals surface area contributed by atoms with Crippen LogP contribution in [-0.4, -0.2) is 41.9 Å². The standard InChI is InChI=1S/C34H31NO2.2C9H7N/c1-35(2)21-22-8-10-24(11-9-22)31-20-26-15-18-29-28-7-5-4-6-23(28)14-19-30(29)33(26)34(36)32(31)25-12-16-27(37-3)17-13-25;2*1-2-6-9-8(4-1)5-3-7-10-9/h4-19,31-32H,20-21H2,1-3H3;2*1-7H. The molecule has 0 radical (unpaired) electrons. The summed E-state index contributed by atoms with van der Waals surface area (Å²) in [6.07, 6.45) is 4.44. The van der Waals surface area contributed by atoms with Crippen molar-refractivity contribution in [3.05, 3.63) is 210 Å². The average Bonchev–Trinajstić information content (AvgIpc) is 3.26. The molecule has 0 saturated heterocycles. The lowest BCUT2D eigenvalue weighted by Crippen LogP contribution is -2.29. The number of carbonyl (C=O) groups is 1. The largest absolute Gasteiger partial charge is 0.497 e. The van der Waals surface area contributed by atoms with E-state index in [1.807, 2.05) is 73.1 Å². The number of fused-ring (bicyclic) bond motifs is 7. The van der Waals surface area contributed by atoms with Crippen LogP contribution in [0.15, 0.2) is 182 Å². The van der Waals surface area contributed by atoms with Gasteiger partial charge in [0.2, 0.25) is 0 Å². The molecular weight excluding hydrogens is 699 g/mol. The number of Topliss-reactive ketones (excluding diaryl/α,β-unsaturated/α-hetero) is 1. The highest BCUT2D eigenvalue weighted by Crippen LogP contribution is 2.46. The molecule has 0 bridgehead atoms. The summed E-state index contributed by atoms with van der Waals surface area (Å²) in [5.74, 6) is 0.818. The molecule has 280 valence electrons. The van der Waals surface area contributed by atoms with E-state index in [-0.39, 0.29) is 17.6 Å². The maximum atomic E-state index is 14.5. The van der Waals surface area contributed by atoms with Crippen LogP contribution in [0.3, 0.4) is 0 Å². The first kappa shape index (κ1) is 37.2. The van der Waals surface area contributed by atoms with Crippen LogP contribution in [0.1, 0.15) is 44.4 Å². The van der Waals surface area contributed by atoms with E-state index in [0.29, 0.717) is 0 Å². The Morgan fingerprint density at radius 3 is 1.74 bits per heavy atom. The molecule has 0 N–H and O–H groups in total. The lowest BCUT2D eigenvalue weighted by atomic mass is 9.68. The van der Waals surface area contributed by atoms with E-state index < -0.39 is 0 Å². The van der Waals surface area contributed by atoms with E-state index in [1.54, 1.807) is 7.11 Å². The van der Waals surface area contributed by atoms with Crippen molar-refractivity contribution in [2.24, 2.45) is 0 Å². The normalized spacial score (nSPS) is 14.8. The van der Waals surface area contributed by atoms with E-state index in [1.165, 1.54) is 32.7 Å². The SMILES string of the molecule is COc1ccc(C2C(=O)c3c(ccc4c3ccc3ccccc34)CC2c2ccc(CN(C)C)cc2)cc1.c1ccc2ncccc2c1.c1ccc2ncccc2c1. The highest BCUT2D eigenvalue weighted by molar-refractivity contribution is 6.18. The van der Waals surface area contributed by atoms with Gasteiger partial charge in [-0.1, -0.05) is 133 Å². The fraction of sp³-hybridized carbons (Fsp3) is 0.135. The number of pyridine rings is 2. The monoisotopic (exact) mass is 743 g/mol. The predicted octanol–water partition coefficient (Wildman–Crippen LogP) is 11.8. The molecule has 0 fully saturated rings. The second kappa shape index (κ2) is 17.0. The van der Waals surface area contributed by atoms with Gasteiger partial charge in [0.15, 0.2) is 5.78 Å².